The number of aliphatic carboxylic acids is 1. The summed E-state index contributed by atoms with van der Waals surface area (Å²) < 4.78 is 5.55. The van der Waals surface area contributed by atoms with Gasteiger partial charge in [0.25, 0.3) is 0 Å². The van der Waals surface area contributed by atoms with Crippen LogP contribution in [0.25, 0.3) is 11.1 Å². The molecular weight excluding hydrogens is 420 g/mol. The highest BCUT2D eigenvalue weighted by atomic mass is 16.5. The second kappa shape index (κ2) is 10.5. The molecule has 0 heterocycles. The second-order valence-corrected chi connectivity index (χ2v) is 9.19. The lowest BCUT2D eigenvalue weighted by Crippen LogP contribution is -2.46. The first kappa shape index (κ1) is 24.3. The van der Waals surface area contributed by atoms with Crippen molar-refractivity contribution in [3.63, 3.8) is 0 Å². The molecule has 3 N–H and O–H groups in total. The minimum atomic E-state index is -0.968. The number of carbonyl (C=O) groups excluding carboxylic acids is 2. The molecule has 1 aliphatic rings. The Bertz CT molecular complexity index is 972. The van der Waals surface area contributed by atoms with E-state index in [-0.39, 0.29) is 37.2 Å². The Hall–Kier alpha value is -3.35. The van der Waals surface area contributed by atoms with Gasteiger partial charge in [0.15, 0.2) is 0 Å². The number of ether oxygens (including phenoxy) is 1. The van der Waals surface area contributed by atoms with Crippen molar-refractivity contribution in [3.8, 4) is 11.1 Å². The minimum absolute atomic E-state index is 0.00707. The molecular formula is C26H32N2O5. The summed E-state index contributed by atoms with van der Waals surface area (Å²) in [5.74, 6) is -1.29. The van der Waals surface area contributed by atoms with E-state index in [1.165, 1.54) is 11.1 Å². The van der Waals surface area contributed by atoms with Crippen LogP contribution < -0.4 is 10.6 Å². The van der Waals surface area contributed by atoms with Crippen molar-refractivity contribution in [2.75, 3.05) is 13.2 Å². The molecule has 1 aliphatic carbocycles. The minimum Gasteiger partial charge on any atom is -0.481 e. The number of carboxylic acids is 1. The molecule has 176 valence electrons. The molecule has 0 fully saturated rings. The van der Waals surface area contributed by atoms with E-state index in [2.05, 4.69) is 34.9 Å². The first-order valence-corrected chi connectivity index (χ1v) is 11.3. The van der Waals surface area contributed by atoms with Crippen LogP contribution in [0, 0.1) is 5.92 Å². The molecule has 0 radical (unpaired) electrons. The number of hydrogen-bond donors (Lipinski definition) is 3. The predicted octanol–water partition coefficient (Wildman–Crippen LogP) is 4.31. The van der Waals surface area contributed by atoms with Crippen LogP contribution in [-0.2, 0) is 14.3 Å². The lowest BCUT2D eigenvalue weighted by Gasteiger charge is -2.25. The number of fused-ring (bicyclic) bond motifs is 3. The maximum atomic E-state index is 12.4. The first-order chi connectivity index (χ1) is 15.7. The molecule has 0 bridgehead atoms. The topological polar surface area (TPSA) is 105 Å². The highest BCUT2D eigenvalue weighted by Gasteiger charge is 2.29. The van der Waals surface area contributed by atoms with Gasteiger partial charge in [-0.2, -0.15) is 0 Å². The van der Waals surface area contributed by atoms with Crippen molar-refractivity contribution >= 4 is 18.0 Å². The van der Waals surface area contributed by atoms with Crippen LogP contribution in [0.15, 0.2) is 48.5 Å². The summed E-state index contributed by atoms with van der Waals surface area (Å²) in [5, 5.41) is 14.5. The number of amides is 2. The van der Waals surface area contributed by atoms with E-state index in [1.54, 1.807) is 13.8 Å². The first-order valence-electron chi connectivity index (χ1n) is 11.3. The third-order valence-electron chi connectivity index (χ3n) is 6.00. The summed E-state index contributed by atoms with van der Waals surface area (Å²) in [6.45, 7) is 5.84. The van der Waals surface area contributed by atoms with Crippen LogP contribution in [0.3, 0.4) is 0 Å². The molecule has 2 aromatic carbocycles. The van der Waals surface area contributed by atoms with Crippen molar-refractivity contribution in [3.05, 3.63) is 59.7 Å². The van der Waals surface area contributed by atoms with Crippen molar-refractivity contribution in [2.45, 2.75) is 51.5 Å². The average molecular weight is 453 g/mol. The Labute approximate surface area is 194 Å². The summed E-state index contributed by atoms with van der Waals surface area (Å²) >= 11 is 0. The number of alkyl carbamates (subject to hydrolysis) is 1. The largest absolute Gasteiger partial charge is 0.481 e. The fraction of sp³-hybridized carbons (Fsp3) is 0.423. The molecule has 2 aromatic rings. The summed E-state index contributed by atoms with van der Waals surface area (Å²) in [5.41, 5.74) is 3.81. The highest BCUT2D eigenvalue weighted by Crippen LogP contribution is 2.44. The Morgan fingerprint density at radius 2 is 1.61 bits per heavy atom. The van der Waals surface area contributed by atoms with Crippen LogP contribution in [0.1, 0.15) is 57.1 Å². The standard InChI is InChI=1S/C26H32N2O5/c1-4-17(13-23(29)28-26(2,3)14-24(30)31)15-27-25(32)33-16-22-20-11-7-5-9-18(20)19-10-6-8-12-21(19)22/h5-12,17,22H,4,13-16H2,1-3H3,(H,27,32)(H,28,29)(H,30,31). The van der Waals surface area contributed by atoms with Gasteiger partial charge in [-0.25, -0.2) is 4.79 Å². The van der Waals surface area contributed by atoms with Crippen molar-refractivity contribution in [1.29, 1.82) is 0 Å². The van der Waals surface area contributed by atoms with E-state index in [1.807, 2.05) is 31.2 Å². The van der Waals surface area contributed by atoms with Gasteiger partial charge in [-0.3, -0.25) is 9.59 Å². The second-order valence-electron chi connectivity index (χ2n) is 9.19. The van der Waals surface area contributed by atoms with E-state index in [0.717, 1.165) is 11.1 Å². The fourth-order valence-electron chi connectivity index (χ4n) is 4.35. The number of hydrogen-bond acceptors (Lipinski definition) is 4. The Kier molecular flexibility index (Phi) is 7.74. The molecule has 1 unspecified atom stereocenters. The van der Waals surface area contributed by atoms with Crippen LogP contribution in [0.4, 0.5) is 4.79 Å². The van der Waals surface area contributed by atoms with Gasteiger partial charge in [-0.15, -0.1) is 0 Å². The lowest BCUT2D eigenvalue weighted by atomic mass is 9.98. The zero-order valence-electron chi connectivity index (χ0n) is 19.4. The quantitative estimate of drug-likeness (QED) is 0.498. The molecule has 0 spiro atoms. The van der Waals surface area contributed by atoms with Crippen molar-refractivity contribution < 1.29 is 24.2 Å². The van der Waals surface area contributed by atoms with Gasteiger partial charge in [-0.1, -0.05) is 61.9 Å². The number of rotatable bonds is 10. The zero-order valence-corrected chi connectivity index (χ0v) is 19.4. The van der Waals surface area contributed by atoms with Gasteiger partial charge in [0.05, 0.1) is 6.42 Å². The molecule has 2 amide bonds. The number of nitrogens with one attached hydrogen (secondary N) is 2. The van der Waals surface area contributed by atoms with E-state index in [4.69, 9.17) is 9.84 Å². The maximum Gasteiger partial charge on any atom is 0.407 e. The van der Waals surface area contributed by atoms with Gasteiger partial charge >= 0.3 is 12.1 Å². The third-order valence-corrected chi connectivity index (χ3v) is 6.00. The van der Waals surface area contributed by atoms with E-state index < -0.39 is 17.6 Å². The van der Waals surface area contributed by atoms with Gasteiger partial charge in [0.2, 0.25) is 5.91 Å². The summed E-state index contributed by atoms with van der Waals surface area (Å²) in [7, 11) is 0. The molecule has 7 heteroatoms. The zero-order chi connectivity index (χ0) is 24.0. The molecule has 0 saturated heterocycles. The van der Waals surface area contributed by atoms with Crippen LogP contribution in [0.2, 0.25) is 0 Å². The van der Waals surface area contributed by atoms with Gasteiger partial charge in [-0.05, 0) is 42.0 Å². The Morgan fingerprint density at radius 3 is 2.15 bits per heavy atom. The summed E-state index contributed by atoms with van der Waals surface area (Å²) in [4.78, 5) is 35.7. The van der Waals surface area contributed by atoms with Crippen LogP contribution in [-0.4, -0.2) is 41.8 Å². The van der Waals surface area contributed by atoms with E-state index >= 15 is 0 Å². The Morgan fingerprint density at radius 1 is 1.03 bits per heavy atom. The van der Waals surface area contributed by atoms with Crippen molar-refractivity contribution in [2.24, 2.45) is 5.92 Å². The number of carbonyl (C=O) groups is 3. The van der Waals surface area contributed by atoms with Gasteiger partial charge < -0.3 is 20.5 Å². The number of carboxylic acid groups (broad SMARTS) is 1. The van der Waals surface area contributed by atoms with E-state index in [0.29, 0.717) is 13.0 Å². The monoisotopic (exact) mass is 452 g/mol. The summed E-state index contributed by atoms with van der Waals surface area (Å²) in [6, 6.07) is 16.3. The fourth-order valence-corrected chi connectivity index (χ4v) is 4.35. The molecule has 33 heavy (non-hydrogen) atoms. The van der Waals surface area contributed by atoms with Crippen molar-refractivity contribution in [1.82, 2.24) is 10.6 Å². The van der Waals surface area contributed by atoms with Gasteiger partial charge in [0.1, 0.15) is 6.61 Å². The SMILES string of the molecule is CCC(CNC(=O)OCC1c2ccccc2-c2ccccc21)CC(=O)NC(C)(C)CC(=O)O. The van der Waals surface area contributed by atoms with E-state index in [9.17, 15) is 14.4 Å². The Balaban J connectivity index is 1.50. The summed E-state index contributed by atoms with van der Waals surface area (Å²) in [6.07, 6.45) is 0.217. The normalized spacial score (nSPS) is 13.5. The maximum absolute atomic E-state index is 12.4. The molecule has 3 rings (SSSR count). The molecule has 0 aliphatic heterocycles. The van der Waals surface area contributed by atoms with Crippen LogP contribution >= 0.6 is 0 Å². The lowest BCUT2D eigenvalue weighted by molar-refractivity contribution is -0.138. The molecule has 1 atom stereocenters. The third kappa shape index (κ3) is 6.34. The smallest absolute Gasteiger partial charge is 0.407 e. The highest BCUT2D eigenvalue weighted by molar-refractivity contribution is 5.79. The number of benzene rings is 2. The predicted molar refractivity (Wildman–Crippen MR) is 126 cm³/mol. The molecule has 7 nitrogen and oxygen atoms in total. The molecule has 0 saturated carbocycles. The van der Waals surface area contributed by atoms with Gasteiger partial charge in [0, 0.05) is 24.4 Å². The molecule has 0 aromatic heterocycles. The average Bonchev–Trinajstić information content (AvgIpc) is 3.07. The van der Waals surface area contributed by atoms with Crippen LogP contribution in [0.5, 0.6) is 0 Å².